The van der Waals surface area contributed by atoms with Crippen LogP contribution in [0.25, 0.3) is 21.5 Å². The maximum atomic E-state index is 11.6. The lowest BCUT2D eigenvalue weighted by molar-refractivity contribution is -0.150. The summed E-state index contributed by atoms with van der Waals surface area (Å²) in [5.74, 6) is -0.493. The summed E-state index contributed by atoms with van der Waals surface area (Å²) in [7, 11) is 0. The molecule has 3 aromatic carbocycles. The van der Waals surface area contributed by atoms with Gasteiger partial charge >= 0.3 is 5.97 Å². The molecule has 3 aromatic rings. The van der Waals surface area contributed by atoms with Crippen LogP contribution in [0.4, 0.5) is 0 Å². The van der Waals surface area contributed by atoms with Crippen LogP contribution in [0.1, 0.15) is 11.1 Å². The predicted octanol–water partition coefficient (Wildman–Crippen LogP) is 5.12. The molecular formula is C25H26O4. The predicted molar refractivity (Wildman–Crippen MR) is 117 cm³/mol. The molecule has 4 nitrogen and oxygen atoms in total. The smallest absolute Gasteiger partial charge is 0.330 e. The fourth-order valence-electron chi connectivity index (χ4n) is 3.33. The van der Waals surface area contributed by atoms with Gasteiger partial charge in [-0.05, 0) is 40.1 Å². The van der Waals surface area contributed by atoms with Gasteiger partial charge in [-0.2, -0.15) is 0 Å². The number of ether oxygens (including phenoxy) is 3. The van der Waals surface area contributed by atoms with E-state index in [0.29, 0.717) is 13.2 Å². The Hall–Kier alpha value is -2.95. The van der Waals surface area contributed by atoms with Crippen LogP contribution in [-0.4, -0.2) is 31.9 Å². The summed E-state index contributed by atoms with van der Waals surface area (Å²) < 4.78 is 16.8. The van der Waals surface area contributed by atoms with Gasteiger partial charge in [-0.3, -0.25) is 0 Å². The lowest BCUT2D eigenvalue weighted by Crippen LogP contribution is -2.28. The van der Waals surface area contributed by atoms with Crippen molar-refractivity contribution in [1.82, 2.24) is 0 Å². The van der Waals surface area contributed by atoms with E-state index in [1.54, 1.807) is 6.08 Å². The van der Waals surface area contributed by atoms with Gasteiger partial charge < -0.3 is 14.2 Å². The van der Waals surface area contributed by atoms with Gasteiger partial charge in [0.15, 0.2) is 0 Å². The number of esters is 1. The van der Waals surface area contributed by atoms with Crippen LogP contribution in [0.2, 0.25) is 0 Å². The minimum atomic E-state index is -0.511. The molecule has 0 saturated heterocycles. The first-order valence-corrected chi connectivity index (χ1v) is 9.62. The highest BCUT2D eigenvalue weighted by molar-refractivity contribution is 6.02. The van der Waals surface area contributed by atoms with Gasteiger partial charge in [0.25, 0.3) is 0 Å². The second kappa shape index (κ2) is 10.0. The molecule has 0 radical (unpaired) electrons. The van der Waals surface area contributed by atoms with Gasteiger partial charge in [-0.1, -0.05) is 60.7 Å². The minimum absolute atomic E-state index is 0.229. The van der Waals surface area contributed by atoms with Crippen molar-refractivity contribution in [3.05, 3.63) is 85.0 Å². The van der Waals surface area contributed by atoms with Crippen LogP contribution in [0.5, 0.6) is 0 Å². The second-order valence-corrected chi connectivity index (χ2v) is 6.91. The molecule has 0 aliphatic rings. The fourth-order valence-corrected chi connectivity index (χ4v) is 3.33. The standard InChI is InChI=1S/C25H26O4/c1-4-12-27-15-21(29-25(26)5-2)16-28-17-24-22-9-7-6-8-19(22)14-20-11-10-18(3)13-23(20)24/h4-11,13-14,21H,1-2,12,15-17H2,3H3. The van der Waals surface area contributed by atoms with E-state index in [4.69, 9.17) is 14.2 Å². The van der Waals surface area contributed by atoms with Gasteiger partial charge in [0.1, 0.15) is 6.10 Å². The van der Waals surface area contributed by atoms with E-state index in [9.17, 15) is 4.79 Å². The zero-order valence-electron chi connectivity index (χ0n) is 16.7. The van der Waals surface area contributed by atoms with Crippen LogP contribution in [0.15, 0.2) is 73.8 Å². The van der Waals surface area contributed by atoms with Crippen molar-refractivity contribution in [2.24, 2.45) is 0 Å². The lowest BCUT2D eigenvalue weighted by Gasteiger charge is -2.18. The first-order valence-electron chi connectivity index (χ1n) is 9.62. The molecule has 150 valence electrons. The summed E-state index contributed by atoms with van der Waals surface area (Å²) in [6.07, 6.45) is 2.28. The van der Waals surface area contributed by atoms with Crippen molar-refractivity contribution in [2.75, 3.05) is 19.8 Å². The van der Waals surface area contributed by atoms with E-state index in [1.807, 2.05) is 12.1 Å². The van der Waals surface area contributed by atoms with Crippen LogP contribution < -0.4 is 0 Å². The summed E-state index contributed by atoms with van der Waals surface area (Å²) in [5, 5.41) is 4.68. The topological polar surface area (TPSA) is 44.8 Å². The number of carbonyl (C=O) groups excluding carboxylic acids is 1. The molecule has 29 heavy (non-hydrogen) atoms. The molecule has 0 aliphatic heterocycles. The van der Waals surface area contributed by atoms with Crippen LogP contribution >= 0.6 is 0 Å². The molecule has 0 bridgehead atoms. The fraction of sp³-hybridized carbons (Fsp3) is 0.240. The summed E-state index contributed by atoms with van der Waals surface area (Å²) in [5.41, 5.74) is 2.33. The third-order valence-electron chi connectivity index (χ3n) is 4.67. The maximum absolute atomic E-state index is 11.6. The van der Waals surface area contributed by atoms with Gasteiger partial charge in [0.05, 0.1) is 26.4 Å². The number of hydrogen-bond donors (Lipinski definition) is 0. The zero-order valence-corrected chi connectivity index (χ0v) is 16.7. The van der Waals surface area contributed by atoms with Crippen molar-refractivity contribution < 1.29 is 19.0 Å². The van der Waals surface area contributed by atoms with E-state index in [1.165, 1.54) is 21.7 Å². The number of carbonyl (C=O) groups is 1. The molecule has 0 aromatic heterocycles. The summed E-state index contributed by atoms with van der Waals surface area (Å²) in [4.78, 5) is 11.6. The second-order valence-electron chi connectivity index (χ2n) is 6.91. The molecule has 0 spiro atoms. The number of rotatable bonds is 10. The molecule has 1 atom stereocenters. The molecular weight excluding hydrogens is 364 g/mol. The minimum Gasteiger partial charge on any atom is -0.454 e. The molecule has 0 saturated carbocycles. The Morgan fingerprint density at radius 3 is 2.55 bits per heavy atom. The molecule has 0 aliphatic carbocycles. The van der Waals surface area contributed by atoms with Gasteiger partial charge in [0, 0.05) is 6.08 Å². The highest BCUT2D eigenvalue weighted by Crippen LogP contribution is 2.30. The number of fused-ring (bicyclic) bond motifs is 2. The van der Waals surface area contributed by atoms with Crippen LogP contribution in [0.3, 0.4) is 0 Å². The Morgan fingerprint density at radius 2 is 1.76 bits per heavy atom. The third-order valence-corrected chi connectivity index (χ3v) is 4.67. The molecule has 0 heterocycles. The third kappa shape index (κ3) is 5.31. The van der Waals surface area contributed by atoms with E-state index in [2.05, 4.69) is 56.5 Å². The largest absolute Gasteiger partial charge is 0.454 e. The summed E-state index contributed by atoms with van der Waals surface area (Å²) in [6, 6.07) is 16.9. The van der Waals surface area contributed by atoms with Gasteiger partial charge in [-0.15, -0.1) is 6.58 Å². The van der Waals surface area contributed by atoms with E-state index in [0.717, 1.165) is 17.0 Å². The van der Waals surface area contributed by atoms with E-state index < -0.39 is 12.1 Å². The maximum Gasteiger partial charge on any atom is 0.330 e. The number of hydrogen-bond acceptors (Lipinski definition) is 4. The molecule has 0 N–H and O–H groups in total. The SMILES string of the molecule is C=CCOCC(COCc1c2ccccc2cc2ccc(C)cc12)OC(=O)C=C. The Labute approximate surface area is 171 Å². The summed E-state index contributed by atoms with van der Waals surface area (Å²) >= 11 is 0. The van der Waals surface area contributed by atoms with Crippen molar-refractivity contribution in [3.8, 4) is 0 Å². The number of aryl methyl sites for hydroxylation is 1. The first-order chi connectivity index (χ1) is 14.1. The molecule has 3 rings (SSSR count). The van der Waals surface area contributed by atoms with Crippen molar-refractivity contribution in [1.29, 1.82) is 0 Å². The quantitative estimate of drug-likeness (QED) is 0.158. The molecule has 4 heteroatoms. The molecule has 0 fully saturated rings. The van der Waals surface area contributed by atoms with E-state index in [-0.39, 0.29) is 13.2 Å². The Balaban J connectivity index is 1.82. The van der Waals surface area contributed by atoms with Crippen LogP contribution in [-0.2, 0) is 25.6 Å². The molecule has 1 unspecified atom stereocenters. The normalized spacial score (nSPS) is 12.0. The number of benzene rings is 3. The van der Waals surface area contributed by atoms with Gasteiger partial charge in [0.2, 0.25) is 0 Å². The Morgan fingerprint density at radius 1 is 1.00 bits per heavy atom. The van der Waals surface area contributed by atoms with Gasteiger partial charge in [-0.25, -0.2) is 4.79 Å². The average molecular weight is 390 g/mol. The van der Waals surface area contributed by atoms with Crippen molar-refractivity contribution in [2.45, 2.75) is 19.6 Å². The van der Waals surface area contributed by atoms with Crippen molar-refractivity contribution in [3.63, 3.8) is 0 Å². The summed E-state index contributed by atoms with van der Waals surface area (Å²) in [6.45, 7) is 10.4. The Kier molecular flexibility index (Phi) is 7.17. The monoisotopic (exact) mass is 390 g/mol. The first kappa shape index (κ1) is 20.8. The molecule has 0 amide bonds. The van der Waals surface area contributed by atoms with Crippen molar-refractivity contribution >= 4 is 27.5 Å². The highest BCUT2D eigenvalue weighted by atomic mass is 16.6. The van der Waals surface area contributed by atoms with Crippen LogP contribution in [0, 0.1) is 6.92 Å². The lowest BCUT2D eigenvalue weighted by atomic mass is 9.96. The van der Waals surface area contributed by atoms with E-state index >= 15 is 0 Å². The average Bonchev–Trinajstić information content (AvgIpc) is 2.73. The Bertz CT molecular complexity index is 1020. The zero-order chi connectivity index (χ0) is 20.6. The highest BCUT2D eigenvalue weighted by Gasteiger charge is 2.15.